The summed E-state index contributed by atoms with van der Waals surface area (Å²) in [4.78, 5) is 14.5. The van der Waals surface area contributed by atoms with Gasteiger partial charge < -0.3 is 5.32 Å². The summed E-state index contributed by atoms with van der Waals surface area (Å²) in [7, 11) is 0. The van der Waals surface area contributed by atoms with Crippen molar-refractivity contribution in [3.8, 4) is 0 Å². The lowest BCUT2D eigenvalue weighted by atomic mass is 10.2. The number of rotatable bonds is 4. The molecule has 1 aromatic rings. The summed E-state index contributed by atoms with van der Waals surface area (Å²) < 4.78 is 0.821. The van der Waals surface area contributed by atoms with Crippen LogP contribution in [0.1, 0.15) is 30.1 Å². The van der Waals surface area contributed by atoms with Gasteiger partial charge in [-0.25, -0.2) is 0 Å². The third-order valence-electron chi connectivity index (χ3n) is 3.53. The SMILES string of the molecule is CCN1CCCC1CNC(=O)c1cc(Cl)cc(Br)c1. The Labute approximate surface area is 127 Å². The predicted molar refractivity (Wildman–Crippen MR) is 81.8 cm³/mol. The number of carbonyl (C=O) groups excluding carboxylic acids is 1. The molecule has 1 N–H and O–H groups in total. The van der Waals surface area contributed by atoms with Gasteiger partial charge in [-0.05, 0) is 44.1 Å². The van der Waals surface area contributed by atoms with Crippen LogP contribution in [0.4, 0.5) is 0 Å². The lowest BCUT2D eigenvalue weighted by molar-refractivity contribution is 0.0941. The molecule has 19 heavy (non-hydrogen) atoms. The zero-order valence-corrected chi connectivity index (χ0v) is 13.3. The third kappa shape index (κ3) is 3.94. The van der Waals surface area contributed by atoms with E-state index in [0.717, 1.165) is 24.0 Å². The lowest BCUT2D eigenvalue weighted by Gasteiger charge is -2.22. The van der Waals surface area contributed by atoms with E-state index in [1.165, 1.54) is 6.42 Å². The topological polar surface area (TPSA) is 32.3 Å². The molecule has 1 fully saturated rings. The summed E-state index contributed by atoms with van der Waals surface area (Å²) in [6.45, 7) is 5.05. The zero-order valence-electron chi connectivity index (χ0n) is 11.0. The quantitative estimate of drug-likeness (QED) is 0.908. The molecule has 0 spiro atoms. The Kier molecular flexibility index (Phi) is 5.25. The minimum atomic E-state index is -0.0637. The molecule has 1 atom stereocenters. The normalized spacial score (nSPS) is 19.6. The summed E-state index contributed by atoms with van der Waals surface area (Å²) in [5, 5.41) is 3.56. The Morgan fingerprint density at radius 3 is 3.00 bits per heavy atom. The first kappa shape index (κ1) is 14.8. The molecule has 1 amide bonds. The first-order valence-corrected chi connectivity index (χ1v) is 7.75. The number of halogens is 2. The monoisotopic (exact) mass is 344 g/mol. The van der Waals surface area contributed by atoms with Gasteiger partial charge in [-0.3, -0.25) is 9.69 Å². The molecular weight excluding hydrogens is 328 g/mol. The van der Waals surface area contributed by atoms with Crippen LogP contribution in [-0.2, 0) is 0 Å². The van der Waals surface area contributed by atoms with Crippen molar-refractivity contribution in [3.05, 3.63) is 33.3 Å². The van der Waals surface area contributed by atoms with Crippen LogP contribution >= 0.6 is 27.5 Å². The fourth-order valence-corrected chi connectivity index (χ4v) is 3.40. The van der Waals surface area contributed by atoms with Crippen LogP contribution in [0.3, 0.4) is 0 Å². The van der Waals surface area contributed by atoms with Gasteiger partial charge >= 0.3 is 0 Å². The Morgan fingerprint density at radius 1 is 1.53 bits per heavy atom. The first-order chi connectivity index (χ1) is 9.10. The molecule has 1 aromatic carbocycles. The van der Waals surface area contributed by atoms with Crippen molar-refractivity contribution >= 4 is 33.4 Å². The van der Waals surface area contributed by atoms with Gasteiger partial charge in [0.2, 0.25) is 0 Å². The van der Waals surface area contributed by atoms with E-state index < -0.39 is 0 Å². The molecule has 0 aromatic heterocycles. The molecule has 3 nitrogen and oxygen atoms in total. The molecule has 104 valence electrons. The van der Waals surface area contributed by atoms with E-state index in [1.54, 1.807) is 18.2 Å². The van der Waals surface area contributed by atoms with Crippen molar-refractivity contribution in [2.75, 3.05) is 19.6 Å². The van der Waals surface area contributed by atoms with Crippen LogP contribution < -0.4 is 5.32 Å². The van der Waals surface area contributed by atoms with Gasteiger partial charge in [-0.1, -0.05) is 34.5 Å². The van der Waals surface area contributed by atoms with Crippen LogP contribution in [0.25, 0.3) is 0 Å². The van der Waals surface area contributed by atoms with E-state index in [-0.39, 0.29) is 5.91 Å². The average molecular weight is 346 g/mol. The molecule has 0 radical (unpaired) electrons. The second-order valence-electron chi connectivity index (χ2n) is 4.79. The van der Waals surface area contributed by atoms with E-state index in [1.807, 2.05) is 0 Å². The summed E-state index contributed by atoms with van der Waals surface area (Å²) in [5.74, 6) is -0.0637. The first-order valence-electron chi connectivity index (χ1n) is 6.58. The van der Waals surface area contributed by atoms with Crippen molar-refractivity contribution in [2.24, 2.45) is 0 Å². The Morgan fingerprint density at radius 2 is 2.32 bits per heavy atom. The number of hydrogen-bond acceptors (Lipinski definition) is 2. The number of nitrogens with one attached hydrogen (secondary N) is 1. The van der Waals surface area contributed by atoms with Crippen molar-refractivity contribution in [2.45, 2.75) is 25.8 Å². The van der Waals surface area contributed by atoms with E-state index in [2.05, 4.69) is 33.1 Å². The number of benzene rings is 1. The number of amides is 1. The maximum Gasteiger partial charge on any atom is 0.251 e. The highest BCUT2D eigenvalue weighted by molar-refractivity contribution is 9.10. The molecule has 1 unspecified atom stereocenters. The molecule has 1 aliphatic rings. The summed E-state index contributed by atoms with van der Waals surface area (Å²) >= 11 is 9.30. The highest BCUT2D eigenvalue weighted by Crippen LogP contribution is 2.20. The third-order valence-corrected chi connectivity index (χ3v) is 4.20. The van der Waals surface area contributed by atoms with Gasteiger partial charge in [0, 0.05) is 27.6 Å². The highest BCUT2D eigenvalue weighted by atomic mass is 79.9. The van der Waals surface area contributed by atoms with Gasteiger partial charge in [-0.2, -0.15) is 0 Å². The van der Waals surface area contributed by atoms with Crippen LogP contribution in [-0.4, -0.2) is 36.5 Å². The van der Waals surface area contributed by atoms with Crippen LogP contribution in [0, 0.1) is 0 Å². The number of carbonyl (C=O) groups is 1. The maximum absolute atomic E-state index is 12.1. The average Bonchev–Trinajstić information content (AvgIpc) is 2.82. The van der Waals surface area contributed by atoms with Crippen LogP contribution in [0.5, 0.6) is 0 Å². The Balaban J connectivity index is 1.94. The largest absolute Gasteiger partial charge is 0.350 e. The second-order valence-corrected chi connectivity index (χ2v) is 6.14. The molecule has 0 aliphatic carbocycles. The highest BCUT2D eigenvalue weighted by Gasteiger charge is 2.23. The predicted octanol–water partition coefficient (Wildman–Crippen LogP) is 3.32. The van der Waals surface area contributed by atoms with E-state index in [0.29, 0.717) is 23.2 Å². The van der Waals surface area contributed by atoms with Gasteiger partial charge in [0.05, 0.1) is 0 Å². The van der Waals surface area contributed by atoms with Crippen molar-refractivity contribution in [1.29, 1.82) is 0 Å². The van der Waals surface area contributed by atoms with Gasteiger partial charge in [-0.15, -0.1) is 0 Å². The molecule has 2 rings (SSSR count). The number of likely N-dealkylation sites (N-methyl/N-ethyl adjacent to an activating group) is 1. The zero-order chi connectivity index (χ0) is 13.8. The van der Waals surface area contributed by atoms with Gasteiger partial charge in [0.15, 0.2) is 0 Å². The lowest BCUT2D eigenvalue weighted by Crippen LogP contribution is -2.40. The molecular formula is C14H18BrClN2O. The van der Waals surface area contributed by atoms with Crippen molar-refractivity contribution in [3.63, 3.8) is 0 Å². The molecule has 5 heteroatoms. The maximum atomic E-state index is 12.1. The minimum absolute atomic E-state index is 0.0637. The Bertz CT molecular complexity index is 447. The van der Waals surface area contributed by atoms with Crippen LogP contribution in [0.2, 0.25) is 5.02 Å². The van der Waals surface area contributed by atoms with E-state index in [9.17, 15) is 4.79 Å². The number of likely N-dealkylation sites (tertiary alicyclic amines) is 1. The molecule has 1 saturated heterocycles. The fourth-order valence-electron chi connectivity index (χ4n) is 2.54. The molecule has 1 aliphatic heterocycles. The fraction of sp³-hybridized carbons (Fsp3) is 0.500. The second kappa shape index (κ2) is 6.73. The smallest absolute Gasteiger partial charge is 0.251 e. The van der Waals surface area contributed by atoms with Crippen molar-refractivity contribution in [1.82, 2.24) is 10.2 Å². The van der Waals surface area contributed by atoms with E-state index >= 15 is 0 Å². The summed E-state index contributed by atoms with van der Waals surface area (Å²) in [6, 6.07) is 5.71. The Hall–Kier alpha value is -0.580. The molecule has 1 heterocycles. The minimum Gasteiger partial charge on any atom is -0.350 e. The standard InChI is InChI=1S/C14H18BrClN2O/c1-2-18-5-3-4-13(18)9-17-14(19)10-6-11(15)8-12(16)7-10/h6-8,13H,2-5,9H2,1H3,(H,17,19). The van der Waals surface area contributed by atoms with Gasteiger partial charge in [0.25, 0.3) is 5.91 Å². The van der Waals surface area contributed by atoms with E-state index in [4.69, 9.17) is 11.6 Å². The van der Waals surface area contributed by atoms with Gasteiger partial charge in [0.1, 0.15) is 0 Å². The van der Waals surface area contributed by atoms with Crippen LogP contribution in [0.15, 0.2) is 22.7 Å². The summed E-state index contributed by atoms with van der Waals surface area (Å²) in [6.07, 6.45) is 2.38. The number of nitrogens with zero attached hydrogens (tertiary/aromatic N) is 1. The summed E-state index contributed by atoms with van der Waals surface area (Å²) in [5.41, 5.74) is 0.598. The molecule has 0 bridgehead atoms. The molecule has 0 saturated carbocycles. The van der Waals surface area contributed by atoms with Crippen molar-refractivity contribution < 1.29 is 4.79 Å². The number of hydrogen-bond donors (Lipinski definition) is 1.